The second kappa shape index (κ2) is 3.35. The molecular weight excluding hydrogens is 172 g/mol. The molecule has 0 aliphatic heterocycles. The fourth-order valence-corrected chi connectivity index (χ4v) is 2.26. The molecule has 0 amide bonds. The fraction of sp³-hybridized carbons (Fsp3) is 0.583. The summed E-state index contributed by atoms with van der Waals surface area (Å²) < 4.78 is 0. The molecule has 2 unspecified atom stereocenters. The lowest BCUT2D eigenvalue weighted by molar-refractivity contribution is 0.544. The molecule has 0 radical (unpaired) electrons. The fourth-order valence-electron chi connectivity index (χ4n) is 2.26. The van der Waals surface area contributed by atoms with Crippen LogP contribution in [0.25, 0.3) is 0 Å². The third-order valence-corrected chi connectivity index (χ3v) is 3.91. The molecule has 0 bridgehead atoms. The minimum absolute atomic E-state index is 0.0931. The van der Waals surface area contributed by atoms with Crippen molar-refractivity contribution in [1.82, 2.24) is 4.98 Å². The molecule has 1 aromatic rings. The summed E-state index contributed by atoms with van der Waals surface area (Å²) in [7, 11) is 0. The summed E-state index contributed by atoms with van der Waals surface area (Å²) in [5, 5.41) is 0. The van der Waals surface area contributed by atoms with Crippen LogP contribution < -0.4 is 5.73 Å². The summed E-state index contributed by atoms with van der Waals surface area (Å²) in [4.78, 5) is 4.10. The number of aromatic nitrogens is 1. The highest BCUT2D eigenvalue weighted by Gasteiger charge is 2.55. The third-order valence-electron chi connectivity index (χ3n) is 3.91. The minimum Gasteiger partial charge on any atom is -0.325 e. The lowest BCUT2D eigenvalue weighted by Crippen LogP contribution is -2.26. The smallest absolute Gasteiger partial charge is 0.0299 e. The highest BCUT2D eigenvalue weighted by molar-refractivity contribution is 5.16. The predicted molar refractivity (Wildman–Crippen MR) is 57.8 cm³/mol. The van der Waals surface area contributed by atoms with Gasteiger partial charge in [-0.1, -0.05) is 19.9 Å². The molecular formula is C12H18N2. The summed E-state index contributed by atoms with van der Waals surface area (Å²) in [6.45, 7) is 4.49. The van der Waals surface area contributed by atoms with Crippen molar-refractivity contribution in [3.05, 3.63) is 30.1 Å². The van der Waals surface area contributed by atoms with Crippen molar-refractivity contribution in [2.75, 3.05) is 0 Å². The molecule has 1 aliphatic carbocycles. The van der Waals surface area contributed by atoms with E-state index in [9.17, 15) is 0 Å². The Morgan fingerprint density at radius 1 is 1.43 bits per heavy atom. The van der Waals surface area contributed by atoms with E-state index >= 15 is 0 Å². The van der Waals surface area contributed by atoms with E-state index in [4.69, 9.17) is 5.73 Å². The molecule has 0 aromatic carbocycles. The molecule has 0 spiro atoms. The van der Waals surface area contributed by atoms with Crippen LogP contribution in [0.5, 0.6) is 0 Å². The first-order valence-electron chi connectivity index (χ1n) is 5.32. The maximum absolute atomic E-state index is 6.26. The number of rotatable bonds is 3. The van der Waals surface area contributed by atoms with Crippen LogP contribution in [0, 0.1) is 11.8 Å². The van der Waals surface area contributed by atoms with Crippen LogP contribution in [0.15, 0.2) is 24.5 Å². The van der Waals surface area contributed by atoms with Crippen LogP contribution in [-0.2, 0) is 6.42 Å². The molecule has 76 valence electrons. The van der Waals surface area contributed by atoms with Gasteiger partial charge in [-0.2, -0.15) is 0 Å². The Morgan fingerprint density at radius 2 is 2.14 bits per heavy atom. The van der Waals surface area contributed by atoms with E-state index in [1.165, 1.54) is 5.56 Å². The van der Waals surface area contributed by atoms with E-state index in [0.717, 1.165) is 12.8 Å². The topological polar surface area (TPSA) is 38.9 Å². The Labute approximate surface area is 85.5 Å². The standard InChI is InChI=1S/C12H18N2/c1-9-10(2)12(9,13)6-5-11-4-3-7-14-8-11/h3-4,7-10H,5-6,13H2,1-2H3. The van der Waals surface area contributed by atoms with E-state index in [0.29, 0.717) is 11.8 Å². The van der Waals surface area contributed by atoms with Gasteiger partial charge in [0.05, 0.1) is 0 Å². The number of hydrogen-bond acceptors (Lipinski definition) is 2. The second-order valence-corrected chi connectivity index (χ2v) is 4.55. The van der Waals surface area contributed by atoms with E-state index < -0.39 is 0 Å². The van der Waals surface area contributed by atoms with Crippen molar-refractivity contribution < 1.29 is 0 Å². The average molecular weight is 190 g/mol. The zero-order chi connectivity index (χ0) is 10.2. The van der Waals surface area contributed by atoms with Crippen LogP contribution in [0.1, 0.15) is 25.8 Å². The number of nitrogens with zero attached hydrogens (tertiary/aromatic N) is 1. The summed E-state index contributed by atoms with van der Waals surface area (Å²) in [5.41, 5.74) is 7.65. The quantitative estimate of drug-likeness (QED) is 0.791. The molecule has 1 aliphatic rings. The largest absolute Gasteiger partial charge is 0.325 e. The maximum Gasteiger partial charge on any atom is 0.0299 e. The van der Waals surface area contributed by atoms with Crippen molar-refractivity contribution in [3.8, 4) is 0 Å². The van der Waals surface area contributed by atoms with E-state index in [1.807, 2.05) is 18.5 Å². The van der Waals surface area contributed by atoms with Gasteiger partial charge < -0.3 is 5.73 Å². The normalized spacial score (nSPS) is 35.6. The highest BCUT2D eigenvalue weighted by Crippen LogP contribution is 2.50. The first-order chi connectivity index (χ1) is 6.64. The Morgan fingerprint density at radius 3 is 2.64 bits per heavy atom. The number of aryl methyl sites for hydroxylation is 1. The molecule has 2 nitrogen and oxygen atoms in total. The predicted octanol–water partition coefficient (Wildman–Crippen LogP) is 2.00. The summed E-state index contributed by atoms with van der Waals surface area (Å²) in [5.74, 6) is 1.36. The number of hydrogen-bond donors (Lipinski definition) is 1. The monoisotopic (exact) mass is 190 g/mol. The third kappa shape index (κ3) is 1.55. The SMILES string of the molecule is CC1C(C)C1(N)CCc1cccnc1. The van der Waals surface area contributed by atoms with Gasteiger partial charge in [-0.3, -0.25) is 4.98 Å². The minimum atomic E-state index is 0.0931. The van der Waals surface area contributed by atoms with Crippen LogP contribution in [-0.4, -0.2) is 10.5 Å². The van der Waals surface area contributed by atoms with Crippen LogP contribution in [0.4, 0.5) is 0 Å². The molecule has 0 saturated heterocycles. The van der Waals surface area contributed by atoms with Gasteiger partial charge in [0, 0.05) is 17.9 Å². The second-order valence-electron chi connectivity index (χ2n) is 4.55. The van der Waals surface area contributed by atoms with Crippen LogP contribution >= 0.6 is 0 Å². The summed E-state index contributed by atoms with van der Waals surface area (Å²) in [6, 6.07) is 4.10. The molecule has 2 atom stereocenters. The molecule has 1 aromatic heterocycles. The summed E-state index contributed by atoms with van der Waals surface area (Å²) >= 11 is 0. The van der Waals surface area contributed by atoms with E-state index in [-0.39, 0.29) is 5.54 Å². The summed E-state index contributed by atoms with van der Waals surface area (Å²) in [6.07, 6.45) is 5.88. The Hall–Kier alpha value is -0.890. The Balaban J connectivity index is 1.90. The number of nitrogens with two attached hydrogens (primary N) is 1. The zero-order valence-electron chi connectivity index (χ0n) is 8.90. The van der Waals surface area contributed by atoms with E-state index in [1.54, 1.807) is 0 Å². The van der Waals surface area contributed by atoms with Crippen molar-refractivity contribution in [2.24, 2.45) is 17.6 Å². The van der Waals surface area contributed by atoms with Gasteiger partial charge in [-0.25, -0.2) is 0 Å². The van der Waals surface area contributed by atoms with E-state index in [2.05, 4.69) is 24.9 Å². The van der Waals surface area contributed by atoms with Gasteiger partial charge in [0.1, 0.15) is 0 Å². The van der Waals surface area contributed by atoms with Gasteiger partial charge in [0.25, 0.3) is 0 Å². The van der Waals surface area contributed by atoms with Gasteiger partial charge in [-0.05, 0) is 36.3 Å². The van der Waals surface area contributed by atoms with Gasteiger partial charge in [0.15, 0.2) is 0 Å². The zero-order valence-corrected chi connectivity index (χ0v) is 8.90. The van der Waals surface area contributed by atoms with Crippen molar-refractivity contribution >= 4 is 0 Å². The van der Waals surface area contributed by atoms with Crippen LogP contribution in [0.2, 0.25) is 0 Å². The molecule has 1 fully saturated rings. The maximum atomic E-state index is 6.26. The molecule has 14 heavy (non-hydrogen) atoms. The van der Waals surface area contributed by atoms with Crippen molar-refractivity contribution in [1.29, 1.82) is 0 Å². The lowest BCUT2D eigenvalue weighted by Gasteiger charge is -2.10. The average Bonchev–Trinajstić information content (AvgIpc) is 2.69. The molecule has 1 heterocycles. The van der Waals surface area contributed by atoms with Gasteiger partial charge in [-0.15, -0.1) is 0 Å². The molecule has 2 N–H and O–H groups in total. The lowest BCUT2D eigenvalue weighted by atomic mass is 10.0. The molecule has 1 saturated carbocycles. The van der Waals surface area contributed by atoms with Crippen molar-refractivity contribution in [2.45, 2.75) is 32.2 Å². The first-order valence-corrected chi connectivity index (χ1v) is 5.32. The van der Waals surface area contributed by atoms with Crippen LogP contribution in [0.3, 0.4) is 0 Å². The Bertz CT molecular complexity index is 299. The highest BCUT2D eigenvalue weighted by atomic mass is 14.9. The van der Waals surface area contributed by atoms with Gasteiger partial charge >= 0.3 is 0 Å². The number of pyridine rings is 1. The first kappa shape index (κ1) is 9.66. The molecule has 2 rings (SSSR count). The van der Waals surface area contributed by atoms with Gasteiger partial charge in [0.2, 0.25) is 0 Å². The molecule has 2 heteroatoms. The Kier molecular flexibility index (Phi) is 2.31. The van der Waals surface area contributed by atoms with Crippen molar-refractivity contribution in [3.63, 3.8) is 0 Å².